The van der Waals surface area contributed by atoms with E-state index in [1.807, 2.05) is 25.1 Å². The van der Waals surface area contributed by atoms with Crippen molar-refractivity contribution in [3.05, 3.63) is 64.7 Å². The molecule has 0 heterocycles. The van der Waals surface area contributed by atoms with Gasteiger partial charge in [0.2, 0.25) is 0 Å². The van der Waals surface area contributed by atoms with Gasteiger partial charge in [0, 0.05) is 6.42 Å². The van der Waals surface area contributed by atoms with Crippen LogP contribution in [0.1, 0.15) is 22.8 Å². The lowest BCUT2D eigenvalue weighted by Crippen LogP contribution is -2.04. The third-order valence-electron chi connectivity index (χ3n) is 3.18. The van der Waals surface area contributed by atoms with Crippen molar-refractivity contribution in [3.8, 4) is 5.75 Å². The van der Waals surface area contributed by atoms with E-state index in [1.54, 1.807) is 7.11 Å². The first-order valence-electron chi connectivity index (χ1n) is 6.28. The molecular weight excluding hydrogens is 262 g/mol. The van der Waals surface area contributed by atoms with Crippen LogP contribution in [0.5, 0.6) is 5.75 Å². The lowest BCUT2D eigenvalue weighted by Gasteiger charge is -2.14. The summed E-state index contributed by atoms with van der Waals surface area (Å²) in [4.78, 5) is 0. The van der Waals surface area contributed by atoms with Gasteiger partial charge in [-0.05, 0) is 36.2 Å². The summed E-state index contributed by atoms with van der Waals surface area (Å²) in [5, 5.41) is 10.2. The summed E-state index contributed by atoms with van der Waals surface area (Å²) < 4.78 is 31.3. The van der Waals surface area contributed by atoms with E-state index in [1.165, 1.54) is 6.07 Å². The number of methoxy groups -OCH3 is 1. The van der Waals surface area contributed by atoms with Crippen LogP contribution in [-0.2, 0) is 6.42 Å². The number of hydrogen-bond donors (Lipinski definition) is 1. The summed E-state index contributed by atoms with van der Waals surface area (Å²) in [7, 11) is 1.55. The molecule has 0 saturated carbocycles. The van der Waals surface area contributed by atoms with E-state index in [9.17, 15) is 13.9 Å². The van der Waals surface area contributed by atoms with E-state index in [2.05, 4.69) is 0 Å². The van der Waals surface area contributed by atoms with Crippen LogP contribution in [0, 0.1) is 18.6 Å². The SMILES string of the molecule is COc1ccc(C)cc1CC(O)c1ccc(F)c(F)c1. The highest BCUT2D eigenvalue weighted by Gasteiger charge is 2.14. The quantitative estimate of drug-likeness (QED) is 0.926. The molecule has 2 nitrogen and oxygen atoms in total. The predicted octanol–water partition coefficient (Wildman–Crippen LogP) is 3.56. The first kappa shape index (κ1) is 14.5. The van der Waals surface area contributed by atoms with Crippen molar-refractivity contribution >= 4 is 0 Å². The largest absolute Gasteiger partial charge is 0.496 e. The predicted molar refractivity (Wildman–Crippen MR) is 72.8 cm³/mol. The molecule has 0 spiro atoms. The molecular formula is C16H16F2O2. The normalized spacial score (nSPS) is 12.2. The van der Waals surface area contributed by atoms with Crippen LogP contribution in [0.25, 0.3) is 0 Å². The molecule has 0 saturated heterocycles. The highest BCUT2D eigenvalue weighted by atomic mass is 19.2. The molecule has 2 rings (SSSR count). The Morgan fingerprint density at radius 3 is 2.50 bits per heavy atom. The van der Waals surface area contributed by atoms with Crippen molar-refractivity contribution in [2.24, 2.45) is 0 Å². The summed E-state index contributed by atoms with van der Waals surface area (Å²) >= 11 is 0. The van der Waals surface area contributed by atoms with E-state index in [0.717, 1.165) is 23.3 Å². The molecule has 4 heteroatoms. The van der Waals surface area contributed by atoms with Gasteiger partial charge < -0.3 is 9.84 Å². The number of rotatable bonds is 4. The number of benzene rings is 2. The molecule has 2 aromatic carbocycles. The Morgan fingerprint density at radius 2 is 1.85 bits per heavy atom. The standard InChI is InChI=1S/C16H16F2O2/c1-10-3-6-16(20-2)12(7-10)9-15(19)11-4-5-13(17)14(18)8-11/h3-8,15,19H,9H2,1-2H3. The molecule has 106 valence electrons. The topological polar surface area (TPSA) is 29.5 Å². The van der Waals surface area contributed by atoms with E-state index in [4.69, 9.17) is 4.74 Å². The zero-order valence-electron chi connectivity index (χ0n) is 11.4. The highest BCUT2D eigenvalue weighted by molar-refractivity contribution is 5.38. The van der Waals surface area contributed by atoms with Gasteiger partial charge in [0.05, 0.1) is 13.2 Å². The number of aliphatic hydroxyl groups excluding tert-OH is 1. The number of aliphatic hydroxyl groups is 1. The zero-order chi connectivity index (χ0) is 14.7. The Morgan fingerprint density at radius 1 is 1.10 bits per heavy atom. The third kappa shape index (κ3) is 3.14. The Kier molecular flexibility index (Phi) is 4.35. The summed E-state index contributed by atoms with van der Waals surface area (Å²) in [6.07, 6.45) is -0.642. The summed E-state index contributed by atoms with van der Waals surface area (Å²) in [5.74, 6) is -1.22. The zero-order valence-corrected chi connectivity index (χ0v) is 11.4. The van der Waals surface area contributed by atoms with Gasteiger partial charge in [-0.15, -0.1) is 0 Å². The lowest BCUT2D eigenvalue weighted by molar-refractivity contribution is 0.176. The molecule has 20 heavy (non-hydrogen) atoms. The first-order valence-corrected chi connectivity index (χ1v) is 6.28. The fraction of sp³-hybridized carbons (Fsp3) is 0.250. The summed E-state index contributed by atoms with van der Waals surface area (Å²) in [5.41, 5.74) is 2.20. The summed E-state index contributed by atoms with van der Waals surface area (Å²) in [6.45, 7) is 1.94. The van der Waals surface area contributed by atoms with E-state index < -0.39 is 17.7 Å². The maximum absolute atomic E-state index is 13.2. The van der Waals surface area contributed by atoms with Gasteiger partial charge >= 0.3 is 0 Å². The van der Waals surface area contributed by atoms with Gasteiger partial charge in [0.15, 0.2) is 11.6 Å². The van der Waals surface area contributed by atoms with Crippen molar-refractivity contribution < 1.29 is 18.6 Å². The van der Waals surface area contributed by atoms with Crippen LogP contribution in [0.3, 0.4) is 0 Å². The van der Waals surface area contributed by atoms with Crippen LogP contribution in [0.2, 0.25) is 0 Å². The Bertz CT molecular complexity index is 611. The van der Waals surface area contributed by atoms with Crippen LogP contribution < -0.4 is 4.74 Å². The Balaban J connectivity index is 2.24. The van der Waals surface area contributed by atoms with Gasteiger partial charge in [0.1, 0.15) is 5.75 Å². The fourth-order valence-electron chi connectivity index (χ4n) is 2.11. The van der Waals surface area contributed by atoms with Crippen molar-refractivity contribution in [2.45, 2.75) is 19.4 Å². The molecule has 2 aromatic rings. The molecule has 0 aliphatic carbocycles. The molecule has 0 amide bonds. The van der Waals surface area contributed by atoms with Crippen LogP contribution >= 0.6 is 0 Å². The first-order chi connectivity index (χ1) is 9.51. The minimum atomic E-state index is -0.960. The molecule has 0 aliphatic rings. The molecule has 0 aliphatic heterocycles. The second kappa shape index (κ2) is 6.01. The Labute approximate surface area is 116 Å². The highest BCUT2D eigenvalue weighted by Crippen LogP contribution is 2.26. The van der Waals surface area contributed by atoms with Gasteiger partial charge in [0.25, 0.3) is 0 Å². The van der Waals surface area contributed by atoms with Crippen molar-refractivity contribution in [1.82, 2.24) is 0 Å². The van der Waals surface area contributed by atoms with E-state index in [-0.39, 0.29) is 6.42 Å². The van der Waals surface area contributed by atoms with Gasteiger partial charge in [-0.2, -0.15) is 0 Å². The van der Waals surface area contributed by atoms with Crippen molar-refractivity contribution in [3.63, 3.8) is 0 Å². The van der Waals surface area contributed by atoms with Crippen molar-refractivity contribution in [1.29, 1.82) is 0 Å². The molecule has 0 radical (unpaired) electrons. The van der Waals surface area contributed by atoms with Gasteiger partial charge in [-0.3, -0.25) is 0 Å². The minimum Gasteiger partial charge on any atom is -0.496 e. The van der Waals surface area contributed by atoms with Crippen molar-refractivity contribution in [2.75, 3.05) is 7.11 Å². The Hall–Kier alpha value is -1.94. The fourth-order valence-corrected chi connectivity index (χ4v) is 2.11. The molecule has 0 aromatic heterocycles. The second-order valence-electron chi connectivity index (χ2n) is 4.71. The number of aryl methyl sites for hydroxylation is 1. The number of ether oxygens (including phenoxy) is 1. The minimum absolute atomic E-state index is 0.274. The molecule has 1 N–H and O–H groups in total. The van der Waals surface area contributed by atoms with Gasteiger partial charge in [-0.25, -0.2) is 8.78 Å². The van der Waals surface area contributed by atoms with E-state index >= 15 is 0 Å². The lowest BCUT2D eigenvalue weighted by atomic mass is 9.99. The molecule has 0 bridgehead atoms. The van der Waals surface area contributed by atoms with E-state index in [0.29, 0.717) is 11.3 Å². The maximum atomic E-state index is 13.2. The molecule has 1 unspecified atom stereocenters. The second-order valence-corrected chi connectivity index (χ2v) is 4.71. The average molecular weight is 278 g/mol. The smallest absolute Gasteiger partial charge is 0.159 e. The maximum Gasteiger partial charge on any atom is 0.159 e. The number of halogens is 2. The van der Waals surface area contributed by atoms with Crippen LogP contribution in [-0.4, -0.2) is 12.2 Å². The molecule has 0 fully saturated rings. The monoisotopic (exact) mass is 278 g/mol. The third-order valence-corrected chi connectivity index (χ3v) is 3.18. The van der Waals surface area contributed by atoms with Crippen LogP contribution in [0.4, 0.5) is 8.78 Å². The van der Waals surface area contributed by atoms with Gasteiger partial charge in [-0.1, -0.05) is 23.8 Å². The average Bonchev–Trinajstić information content (AvgIpc) is 2.42. The number of hydrogen-bond acceptors (Lipinski definition) is 2. The van der Waals surface area contributed by atoms with Crippen LogP contribution in [0.15, 0.2) is 36.4 Å². The summed E-state index contributed by atoms with van der Waals surface area (Å²) in [6, 6.07) is 9.05. The molecule has 1 atom stereocenters.